The second kappa shape index (κ2) is 7.63. The van der Waals surface area contributed by atoms with Crippen molar-refractivity contribution in [2.45, 2.75) is 51.9 Å². The van der Waals surface area contributed by atoms with E-state index in [1.54, 1.807) is 6.92 Å². The van der Waals surface area contributed by atoms with Crippen LogP contribution in [-0.2, 0) is 17.4 Å². The molecule has 0 aromatic heterocycles. The molecule has 0 spiro atoms. The molecule has 6 heteroatoms. The summed E-state index contributed by atoms with van der Waals surface area (Å²) in [5, 5.41) is 2.79. The number of rotatable bonds is 6. The van der Waals surface area contributed by atoms with Crippen LogP contribution in [0.5, 0.6) is 0 Å². The third kappa shape index (κ3) is 6.05. The Bertz CT molecular complexity index is 483. The van der Waals surface area contributed by atoms with Crippen LogP contribution >= 0.6 is 0 Å². The van der Waals surface area contributed by atoms with Gasteiger partial charge in [-0.15, -0.1) is 0 Å². The molecule has 2 atom stereocenters. The van der Waals surface area contributed by atoms with Crippen molar-refractivity contribution in [3.05, 3.63) is 35.4 Å². The highest BCUT2D eigenvalue weighted by Crippen LogP contribution is 2.29. The van der Waals surface area contributed by atoms with Crippen LogP contribution in [-0.4, -0.2) is 18.0 Å². The topological polar surface area (TPSA) is 55.1 Å². The Balaban J connectivity index is 2.54. The zero-order valence-corrected chi connectivity index (χ0v) is 13.1. The number of carbonyl (C=O) groups excluding carboxylic acids is 1. The smallest absolute Gasteiger partial charge is 0.352 e. The fraction of sp³-hybridized carbons (Fsp3) is 0.562. The molecule has 124 valence electrons. The first-order valence-electron chi connectivity index (χ1n) is 7.31. The Morgan fingerprint density at radius 3 is 2.18 bits per heavy atom. The number of nitrogens with two attached hydrogens (primary N) is 1. The summed E-state index contributed by atoms with van der Waals surface area (Å²) in [4.78, 5) is 11.9. The molecular weight excluding hydrogens is 293 g/mol. The van der Waals surface area contributed by atoms with Crippen molar-refractivity contribution < 1.29 is 18.0 Å². The van der Waals surface area contributed by atoms with Crippen LogP contribution in [0.3, 0.4) is 0 Å². The summed E-state index contributed by atoms with van der Waals surface area (Å²) in [7, 11) is 0. The maximum atomic E-state index is 12.5. The molecule has 0 saturated heterocycles. The van der Waals surface area contributed by atoms with Crippen molar-refractivity contribution in [3.8, 4) is 0 Å². The number of carbonyl (C=O) groups is 1. The standard InChI is InChI=1S/C16H23F3N2O/c1-10(2)8-14(20)15(22)21-11(3)9-12-4-6-13(7-5-12)16(17,18)19/h4-7,10-11,14H,8-9,20H2,1-3H3,(H,21,22)/t11?,14-/m0/s1. The Hall–Kier alpha value is -1.56. The zero-order valence-electron chi connectivity index (χ0n) is 13.1. The predicted molar refractivity (Wildman–Crippen MR) is 80.2 cm³/mol. The predicted octanol–water partition coefficient (Wildman–Crippen LogP) is 3.13. The van der Waals surface area contributed by atoms with Crippen LogP contribution < -0.4 is 11.1 Å². The van der Waals surface area contributed by atoms with E-state index in [9.17, 15) is 18.0 Å². The molecule has 0 aliphatic carbocycles. The van der Waals surface area contributed by atoms with Gasteiger partial charge in [-0.2, -0.15) is 13.2 Å². The molecule has 0 bridgehead atoms. The Kier molecular flexibility index (Phi) is 6.41. The van der Waals surface area contributed by atoms with Gasteiger partial charge < -0.3 is 11.1 Å². The van der Waals surface area contributed by atoms with Gasteiger partial charge >= 0.3 is 6.18 Å². The molecule has 0 heterocycles. The molecule has 0 fully saturated rings. The van der Waals surface area contributed by atoms with E-state index in [1.807, 2.05) is 13.8 Å². The number of hydrogen-bond acceptors (Lipinski definition) is 2. The molecule has 1 rings (SSSR count). The van der Waals surface area contributed by atoms with E-state index in [0.29, 0.717) is 18.8 Å². The van der Waals surface area contributed by atoms with Gasteiger partial charge in [-0.1, -0.05) is 26.0 Å². The molecule has 0 saturated carbocycles. The van der Waals surface area contributed by atoms with E-state index in [4.69, 9.17) is 5.73 Å². The summed E-state index contributed by atoms with van der Waals surface area (Å²) < 4.78 is 37.4. The number of nitrogens with one attached hydrogen (secondary N) is 1. The minimum absolute atomic E-state index is 0.192. The summed E-state index contributed by atoms with van der Waals surface area (Å²) in [5.41, 5.74) is 5.85. The second-order valence-corrected chi connectivity index (χ2v) is 6.04. The van der Waals surface area contributed by atoms with Crippen LogP contribution in [0.2, 0.25) is 0 Å². The number of benzene rings is 1. The number of hydrogen-bond donors (Lipinski definition) is 2. The highest BCUT2D eigenvalue weighted by molar-refractivity contribution is 5.81. The lowest BCUT2D eigenvalue weighted by Crippen LogP contribution is -2.45. The van der Waals surface area contributed by atoms with E-state index < -0.39 is 17.8 Å². The summed E-state index contributed by atoms with van der Waals surface area (Å²) in [6.07, 6.45) is -3.28. The molecule has 1 aromatic rings. The lowest BCUT2D eigenvalue weighted by molar-refractivity contribution is -0.137. The highest BCUT2D eigenvalue weighted by Gasteiger charge is 2.30. The largest absolute Gasteiger partial charge is 0.416 e. The lowest BCUT2D eigenvalue weighted by atomic mass is 10.0. The lowest BCUT2D eigenvalue weighted by Gasteiger charge is -2.19. The van der Waals surface area contributed by atoms with E-state index in [0.717, 1.165) is 17.7 Å². The second-order valence-electron chi connectivity index (χ2n) is 6.04. The van der Waals surface area contributed by atoms with E-state index in [-0.39, 0.29) is 11.9 Å². The van der Waals surface area contributed by atoms with Crippen molar-refractivity contribution in [3.63, 3.8) is 0 Å². The van der Waals surface area contributed by atoms with Gasteiger partial charge in [0.25, 0.3) is 0 Å². The van der Waals surface area contributed by atoms with Crippen molar-refractivity contribution in [1.29, 1.82) is 0 Å². The van der Waals surface area contributed by atoms with Gasteiger partial charge in [0.2, 0.25) is 5.91 Å². The van der Waals surface area contributed by atoms with Crippen LogP contribution in [0, 0.1) is 5.92 Å². The van der Waals surface area contributed by atoms with Gasteiger partial charge in [0, 0.05) is 6.04 Å². The van der Waals surface area contributed by atoms with Crippen LogP contribution in [0.15, 0.2) is 24.3 Å². The maximum absolute atomic E-state index is 12.5. The zero-order chi connectivity index (χ0) is 16.9. The highest BCUT2D eigenvalue weighted by atomic mass is 19.4. The number of halogens is 3. The minimum Gasteiger partial charge on any atom is -0.352 e. The van der Waals surface area contributed by atoms with Crippen LogP contribution in [0.1, 0.15) is 38.3 Å². The average Bonchev–Trinajstić information content (AvgIpc) is 2.37. The summed E-state index contributed by atoms with van der Waals surface area (Å²) in [6, 6.07) is 4.21. The third-order valence-corrected chi connectivity index (χ3v) is 3.27. The van der Waals surface area contributed by atoms with Gasteiger partial charge in [0.05, 0.1) is 11.6 Å². The van der Waals surface area contributed by atoms with Crippen LogP contribution in [0.25, 0.3) is 0 Å². The monoisotopic (exact) mass is 316 g/mol. The average molecular weight is 316 g/mol. The van der Waals surface area contributed by atoms with E-state index >= 15 is 0 Å². The van der Waals surface area contributed by atoms with Crippen molar-refractivity contribution in [2.75, 3.05) is 0 Å². The Morgan fingerprint density at radius 2 is 1.73 bits per heavy atom. The molecule has 1 unspecified atom stereocenters. The van der Waals surface area contributed by atoms with Gasteiger partial charge in [-0.05, 0) is 43.4 Å². The number of alkyl halides is 3. The molecule has 0 radical (unpaired) electrons. The fourth-order valence-corrected chi connectivity index (χ4v) is 2.20. The Labute approximate surface area is 129 Å². The molecule has 3 nitrogen and oxygen atoms in total. The van der Waals surface area contributed by atoms with E-state index in [1.165, 1.54) is 12.1 Å². The van der Waals surface area contributed by atoms with Crippen molar-refractivity contribution in [2.24, 2.45) is 11.7 Å². The normalized spacial score (nSPS) is 14.7. The van der Waals surface area contributed by atoms with Gasteiger partial charge in [-0.25, -0.2) is 0 Å². The first-order valence-corrected chi connectivity index (χ1v) is 7.31. The first-order chi connectivity index (χ1) is 10.1. The molecule has 22 heavy (non-hydrogen) atoms. The van der Waals surface area contributed by atoms with E-state index in [2.05, 4.69) is 5.32 Å². The summed E-state index contributed by atoms with van der Waals surface area (Å²) in [6.45, 7) is 5.77. The maximum Gasteiger partial charge on any atom is 0.416 e. The van der Waals surface area contributed by atoms with Crippen molar-refractivity contribution in [1.82, 2.24) is 5.32 Å². The fourth-order valence-electron chi connectivity index (χ4n) is 2.20. The van der Waals surface area contributed by atoms with Gasteiger partial charge in [0.1, 0.15) is 0 Å². The van der Waals surface area contributed by atoms with Gasteiger partial charge in [0.15, 0.2) is 0 Å². The number of amides is 1. The van der Waals surface area contributed by atoms with Crippen LogP contribution in [0.4, 0.5) is 13.2 Å². The third-order valence-electron chi connectivity index (χ3n) is 3.27. The molecule has 0 aliphatic rings. The molecule has 3 N–H and O–H groups in total. The Morgan fingerprint density at radius 1 is 1.18 bits per heavy atom. The molecular formula is C16H23F3N2O. The summed E-state index contributed by atoms with van der Waals surface area (Å²) >= 11 is 0. The molecule has 0 aliphatic heterocycles. The quantitative estimate of drug-likeness (QED) is 0.847. The molecule has 1 amide bonds. The van der Waals surface area contributed by atoms with Gasteiger partial charge in [-0.3, -0.25) is 4.79 Å². The minimum atomic E-state index is -4.33. The SMILES string of the molecule is CC(C)C[C@H](N)C(=O)NC(C)Cc1ccc(C(F)(F)F)cc1. The van der Waals surface area contributed by atoms with Crippen molar-refractivity contribution >= 4 is 5.91 Å². The first kappa shape index (κ1) is 18.5. The molecule has 1 aromatic carbocycles. The summed E-state index contributed by atoms with van der Waals surface area (Å²) in [5.74, 6) is 0.0964.